The van der Waals surface area contributed by atoms with E-state index in [1.54, 1.807) is 18.0 Å². The Labute approximate surface area is 89.0 Å². The number of rotatable bonds is 6. The first-order chi connectivity index (χ1) is 6.72. The molecule has 0 aromatic carbocycles. The summed E-state index contributed by atoms with van der Waals surface area (Å²) < 4.78 is 5.25. The zero-order valence-corrected chi connectivity index (χ0v) is 9.43. The second-order valence-electron chi connectivity index (χ2n) is 3.13. The molecule has 0 aliphatic rings. The van der Waals surface area contributed by atoms with E-state index < -0.39 is 0 Å². The molecule has 0 aliphatic carbocycles. The van der Waals surface area contributed by atoms with Crippen LogP contribution in [0.2, 0.25) is 0 Å². The number of thioether (sulfide) groups is 1. The summed E-state index contributed by atoms with van der Waals surface area (Å²) in [6.07, 6.45) is 3.53. The van der Waals surface area contributed by atoms with E-state index in [-0.39, 0.29) is 0 Å². The topological polar surface area (TPSA) is 38.1 Å². The molecular formula is C10H16N2OS. The van der Waals surface area contributed by atoms with E-state index in [1.165, 1.54) is 0 Å². The minimum atomic E-state index is 0.452. The Kier molecular flexibility index (Phi) is 4.76. The average molecular weight is 212 g/mol. The van der Waals surface area contributed by atoms with Crippen molar-refractivity contribution in [3.8, 4) is 0 Å². The first-order valence-electron chi connectivity index (χ1n) is 4.62. The normalized spacial score (nSPS) is 12.7. The van der Waals surface area contributed by atoms with Crippen molar-refractivity contribution in [2.75, 3.05) is 13.1 Å². The Hall–Kier alpha value is -0.740. The molecule has 1 atom stereocenters. The fourth-order valence-electron chi connectivity index (χ4n) is 0.989. The molecule has 1 aromatic heterocycles. The molecule has 3 nitrogen and oxygen atoms in total. The summed E-state index contributed by atoms with van der Waals surface area (Å²) in [6.45, 7) is 9.48. The predicted molar refractivity (Wildman–Crippen MR) is 59.6 cm³/mol. The number of nitrogens with one attached hydrogen (secondary N) is 1. The number of hydrogen-bond donors (Lipinski definition) is 1. The molecule has 0 saturated carbocycles. The van der Waals surface area contributed by atoms with Gasteiger partial charge >= 0.3 is 0 Å². The van der Waals surface area contributed by atoms with E-state index in [2.05, 4.69) is 23.8 Å². The molecule has 0 radical (unpaired) electrons. The molecule has 0 aliphatic heterocycles. The highest BCUT2D eigenvalue weighted by molar-refractivity contribution is 7.99. The van der Waals surface area contributed by atoms with Crippen LogP contribution in [-0.4, -0.2) is 23.3 Å². The third-order valence-corrected chi connectivity index (χ3v) is 2.58. The Balaban J connectivity index is 2.26. The highest BCUT2D eigenvalue weighted by atomic mass is 32.2. The van der Waals surface area contributed by atoms with Crippen LogP contribution in [0.4, 0.5) is 0 Å². The monoisotopic (exact) mass is 212 g/mol. The van der Waals surface area contributed by atoms with Crippen molar-refractivity contribution in [3.63, 3.8) is 0 Å². The minimum absolute atomic E-state index is 0.452. The number of hydrogen-bond acceptors (Lipinski definition) is 4. The van der Waals surface area contributed by atoms with Crippen LogP contribution < -0.4 is 5.32 Å². The second-order valence-corrected chi connectivity index (χ2v) is 4.52. The van der Waals surface area contributed by atoms with Crippen LogP contribution in [-0.2, 0) is 0 Å². The molecule has 0 bridgehead atoms. The number of aromatic nitrogens is 1. The Bertz CT molecular complexity index is 285. The second kappa shape index (κ2) is 5.88. The fourth-order valence-corrected chi connectivity index (χ4v) is 1.83. The van der Waals surface area contributed by atoms with E-state index in [9.17, 15) is 0 Å². The maximum atomic E-state index is 5.25. The van der Waals surface area contributed by atoms with Crippen molar-refractivity contribution in [2.45, 2.75) is 24.3 Å². The van der Waals surface area contributed by atoms with Gasteiger partial charge in [-0.2, -0.15) is 0 Å². The van der Waals surface area contributed by atoms with E-state index in [0.717, 1.165) is 24.0 Å². The highest BCUT2D eigenvalue weighted by Crippen LogP contribution is 2.21. The molecule has 1 rings (SSSR count). The average Bonchev–Trinajstić information content (AvgIpc) is 2.52. The van der Waals surface area contributed by atoms with Crippen molar-refractivity contribution < 1.29 is 4.42 Å². The van der Waals surface area contributed by atoms with Crippen LogP contribution in [0, 0.1) is 6.92 Å². The van der Waals surface area contributed by atoms with Gasteiger partial charge in [-0.25, -0.2) is 4.98 Å². The zero-order chi connectivity index (χ0) is 10.4. The summed E-state index contributed by atoms with van der Waals surface area (Å²) in [5, 5.41) is 4.45. The SMILES string of the molecule is C=CCNCC(C)Sc1nc(C)co1. The fraction of sp³-hybridized carbons (Fsp3) is 0.500. The Morgan fingerprint density at radius 1 is 1.79 bits per heavy atom. The van der Waals surface area contributed by atoms with Gasteiger partial charge in [0.2, 0.25) is 0 Å². The lowest BCUT2D eigenvalue weighted by molar-refractivity contribution is 0.453. The van der Waals surface area contributed by atoms with Gasteiger partial charge in [-0.1, -0.05) is 24.8 Å². The first kappa shape index (κ1) is 11.3. The lowest BCUT2D eigenvalue weighted by atomic mass is 10.4. The molecule has 14 heavy (non-hydrogen) atoms. The third-order valence-electron chi connectivity index (χ3n) is 1.62. The summed E-state index contributed by atoms with van der Waals surface area (Å²) in [7, 11) is 0. The maximum Gasteiger partial charge on any atom is 0.256 e. The molecule has 1 N–H and O–H groups in total. The molecule has 0 amide bonds. The van der Waals surface area contributed by atoms with E-state index >= 15 is 0 Å². The summed E-state index contributed by atoms with van der Waals surface area (Å²) in [5.74, 6) is 0. The van der Waals surface area contributed by atoms with E-state index in [4.69, 9.17) is 4.42 Å². The van der Waals surface area contributed by atoms with Crippen LogP contribution in [0.25, 0.3) is 0 Å². The van der Waals surface area contributed by atoms with Crippen molar-refractivity contribution in [2.24, 2.45) is 0 Å². The van der Waals surface area contributed by atoms with Gasteiger partial charge in [0, 0.05) is 18.3 Å². The van der Waals surface area contributed by atoms with Crippen LogP contribution in [0.1, 0.15) is 12.6 Å². The van der Waals surface area contributed by atoms with Gasteiger partial charge in [0.25, 0.3) is 5.22 Å². The van der Waals surface area contributed by atoms with Crippen LogP contribution in [0.15, 0.2) is 28.6 Å². The van der Waals surface area contributed by atoms with E-state index in [0.29, 0.717) is 5.25 Å². The summed E-state index contributed by atoms with van der Waals surface area (Å²) >= 11 is 1.64. The molecular weight excluding hydrogens is 196 g/mol. The van der Waals surface area contributed by atoms with Gasteiger partial charge in [0.15, 0.2) is 0 Å². The van der Waals surface area contributed by atoms with Gasteiger partial charge in [0.05, 0.1) is 5.69 Å². The minimum Gasteiger partial charge on any atom is -0.440 e. The van der Waals surface area contributed by atoms with Crippen LogP contribution in [0.5, 0.6) is 0 Å². The standard InChI is InChI=1S/C10H16N2OS/c1-4-5-11-6-9(3)14-10-12-8(2)7-13-10/h4,7,9,11H,1,5-6H2,2-3H3. The molecule has 0 saturated heterocycles. The molecule has 0 fully saturated rings. The summed E-state index contributed by atoms with van der Waals surface area (Å²) in [5.41, 5.74) is 0.929. The molecule has 78 valence electrons. The smallest absolute Gasteiger partial charge is 0.256 e. The van der Waals surface area contributed by atoms with Crippen LogP contribution >= 0.6 is 11.8 Å². The van der Waals surface area contributed by atoms with Gasteiger partial charge in [-0.3, -0.25) is 0 Å². The lowest BCUT2D eigenvalue weighted by Gasteiger charge is -2.07. The largest absolute Gasteiger partial charge is 0.440 e. The quantitative estimate of drug-likeness (QED) is 0.446. The molecule has 1 aromatic rings. The van der Waals surface area contributed by atoms with Crippen molar-refractivity contribution >= 4 is 11.8 Å². The third kappa shape index (κ3) is 3.98. The zero-order valence-electron chi connectivity index (χ0n) is 8.62. The lowest BCUT2D eigenvalue weighted by Crippen LogP contribution is -2.22. The number of aryl methyl sites for hydroxylation is 1. The Morgan fingerprint density at radius 2 is 2.57 bits per heavy atom. The van der Waals surface area contributed by atoms with Crippen molar-refractivity contribution in [1.29, 1.82) is 0 Å². The van der Waals surface area contributed by atoms with Gasteiger partial charge < -0.3 is 9.73 Å². The predicted octanol–water partition coefficient (Wildman–Crippen LogP) is 2.24. The maximum absolute atomic E-state index is 5.25. The molecule has 1 heterocycles. The molecule has 1 unspecified atom stereocenters. The van der Waals surface area contributed by atoms with E-state index in [1.807, 2.05) is 13.0 Å². The van der Waals surface area contributed by atoms with Crippen LogP contribution in [0.3, 0.4) is 0 Å². The van der Waals surface area contributed by atoms with Crippen molar-refractivity contribution in [3.05, 3.63) is 24.6 Å². The molecule has 4 heteroatoms. The number of oxazole rings is 1. The van der Waals surface area contributed by atoms with Gasteiger partial charge in [-0.05, 0) is 6.92 Å². The summed E-state index contributed by atoms with van der Waals surface area (Å²) in [6, 6.07) is 0. The van der Waals surface area contributed by atoms with Gasteiger partial charge in [0.1, 0.15) is 6.26 Å². The molecule has 0 spiro atoms. The highest BCUT2D eigenvalue weighted by Gasteiger charge is 2.07. The van der Waals surface area contributed by atoms with Crippen molar-refractivity contribution in [1.82, 2.24) is 10.3 Å². The number of nitrogens with zero attached hydrogens (tertiary/aromatic N) is 1. The first-order valence-corrected chi connectivity index (χ1v) is 5.50. The van der Waals surface area contributed by atoms with Gasteiger partial charge in [-0.15, -0.1) is 6.58 Å². The Morgan fingerprint density at radius 3 is 3.14 bits per heavy atom. The summed E-state index contributed by atoms with van der Waals surface area (Å²) in [4.78, 5) is 4.23.